The minimum Gasteiger partial charge on any atom is -0.457 e. The van der Waals surface area contributed by atoms with E-state index in [0.29, 0.717) is 47.6 Å². The van der Waals surface area contributed by atoms with Gasteiger partial charge in [-0.2, -0.15) is 0 Å². The lowest BCUT2D eigenvalue weighted by atomic mass is 9.93. The lowest BCUT2D eigenvalue weighted by molar-refractivity contribution is -0.0163. The summed E-state index contributed by atoms with van der Waals surface area (Å²) >= 11 is 0. The number of aromatic nitrogens is 7. The number of ether oxygens (including phenoxy) is 2. The van der Waals surface area contributed by atoms with Crippen LogP contribution in [0.3, 0.4) is 0 Å². The van der Waals surface area contributed by atoms with E-state index in [2.05, 4.69) is 35.5 Å². The van der Waals surface area contributed by atoms with E-state index >= 15 is 0 Å². The molecule has 0 radical (unpaired) electrons. The van der Waals surface area contributed by atoms with Crippen LogP contribution in [0.25, 0.3) is 22.1 Å². The van der Waals surface area contributed by atoms with Crippen molar-refractivity contribution in [3.63, 3.8) is 0 Å². The van der Waals surface area contributed by atoms with Crippen molar-refractivity contribution >= 4 is 45.6 Å². The molecule has 220 valence electrons. The highest BCUT2D eigenvalue weighted by atomic mass is 16.6. The number of nitrogens with zero attached hydrogens (tertiary/aromatic N) is 9. The number of nitrogens with one attached hydrogen (secondary N) is 1. The Bertz CT molecular complexity index is 1870. The maximum atomic E-state index is 12.6. The predicted octanol–water partition coefficient (Wildman–Crippen LogP) is 4.60. The van der Waals surface area contributed by atoms with Crippen LogP contribution in [0.2, 0.25) is 0 Å². The van der Waals surface area contributed by atoms with Crippen molar-refractivity contribution in [2.75, 3.05) is 29.9 Å². The first-order valence-corrected chi connectivity index (χ1v) is 14.2. The van der Waals surface area contributed by atoms with Crippen LogP contribution < -0.4 is 15.0 Å². The first kappa shape index (κ1) is 26.8. The van der Waals surface area contributed by atoms with Gasteiger partial charge in [-0.05, 0) is 63.6 Å². The fraction of sp³-hybridized carbons (Fsp3) is 0.367. The third-order valence-electron chi connectivity index (χ3n) is 7.76. The second kappa shape index (κ2) is 10.0. The number of amides is 1. The van der Waals surface area contributed by atoms with E-state index in [9.17, 15) is 4.79 Å². The number of carbonyl (C=O) groups excluding carboxylic acids is 1. The molecule has 2 saturated heterocycles. The summed E-state index contributed by atoms with van der Waals surface area (Å²) < 4.78 is 13.5. The highest BCUT2D eigenvalue weighted by molar-refractivity contribution is 5.87. The average Bonchev–Trinajstić information content (AvgIpc) is 3.48. The van der Waals surface area contributed by atoms with E-state index in [1.165, 1.54) is 6.33 Å². The number of fused-ring (bicyclic) bond motifs is 3. The predicted molar refractivity (Wildman–Crippen MR) is 161 cm³/mol. The van der Waals surface area contributed by atoms with Crippen molar-refractivity contribution in [3.8, 4) is 11.5 Å². The van der Waals surface area contributed by atoms with Crippen LogP contribution in [0, 0.1) is 12.8 Å². The number of carbonyl (C=O) groups is 1. The van der Waals surface area contributed by atoms with Crippen molar-refractivity contribution in [2.24, 2.45) is 13.0 Å². The maximum Gasteiger partial charge on any atom is 0.410 e. The molecule has 3 aromatic heterocycles. The van der Waals surface area contributed by atoms with Gasteiger partial charge in [-0.3, -0.25) is 0 Å². The normalized spacial score (nSPS) is 18.1. The Labute approximate surface area is 247 Å². The Morgan fingerprint density at radius 2 is 1.88 bits per heavy atom. The van der Waals surface area contributed by atoms with Gasteiger partial charge >= 0.3 is 6.09 Å². The minimum absolute atomic E-state index is 0.0880. The Hall–Kier alpha value is -5.07. The molecule has 5 heterocycles. The third kappa shape index (κ3) is 5.11. The molecular weight excluding hydrogens is 548 g/mol. The summed E-state index contributed by atoms with van der Waals surface area (Å²) in [6.07, 6.45) is 2.94. The zero-order valence-corrected chi connectivity index (χ0v) is 24.6. The monoisotopic (exact) mass is 580 g/mol. The van der Waals surface area contributed by atoms with Crippen LogP contribution in [0.1, 0.15) is 26.3 Å². The second-order valence-electron chi connectivity index (χ2n) is 12.1. The van der Waals surface area contributed by atoms with Gasteiger partial charge in [0.1, 0.15) is 40.0 Å². The third-order valence-corrected chi connectivity index (χ3v) is 7.76. The fourth-order valence-electron chi connectivity index (χ4n) is 5.61. The van der Waals surface area contributed by atoms with Crippen molar-refractivity contribution < 1.29 is 14.3 Å². The number of hydrogen-bond acceptors (Lipinski definition) is 11. The van der Waals surface area contributed by atoms with Gasteiger partial charge in [0.15, 0.2) is 5.82 Å². The Balaban J connectivity index is 1.07. The molecule has 0 bridgehead atoms. The molecule has 2 aromatic carbocycles. The van der Waals surface area contributed by atoms with Gasteiger partial charge in [-0.25, -0.2) is 29.4 Å². The second-order valence-corrected chi connectivity index (χ2v) is 12.1. The van der Waals surface area contributed by atoms with Gasteiger partial charge in [0.25, 0.3) is 0 Å². The molecule has 0 saturated carbocycles. The average molecular weight is 581 g/mol. The molecule has 2 atom stereocenters. The van der Waals surface area contributed by atoms with Crippen molar-refractivity contribution in [2.45, 2.75) is 39.3 Å². The molecule has 1 amide bonds. The van der Waals surface area contributed by atoms with Crippen LogP contribution in [0.15, 0.2) is 48.9 Å². The number of rotatable bonds is 5. The SMILES string of the molecule is Cc1cc(Nc2ncnc3cnc(N4C[C@@H]5CN(C(=O)OC(C)(C)C)[C@@H]5C4)nc23)ccc1Oc1ccc2c(c1)nnn2C. The van der Waals surface area contributed by atoms with Crippen molar-refractivity contribution in [1.29, 1.82) is 0 Å². The van der Waals surface area contributed by atoms with Crippen LogP contribution >= 0.6 is 0 Å². The largest absolute Gasteiger partial charge is 0.457 e. The molecule has 2 aliphatic rings. The van der Waals surface area contributed by atoms with Gasteiger partial charge in [0.2, 0.25) is 5.95 Å². The molecule has 7 rings (SSSR count). The lowest BCUT2D eigenvalue weighted by Crippen LogP contribution is -2.59. The molecule has 2 fully saturated rings. The van der Waals surface area contributed by atoms with Gasteiger partial charge < -0.3 is 24.6 Å². The number of likely N-dealkylation sites (tertiary alicyclic amines) is 1. The summed E-state index contributed by atoms with van der Waals surface area (Å²) in [5.41, 5.74) is 4.22. The molecule has 2 aliphatic heterocycles. The Morgan fingerprint density at radius 3 is 2.70 bits per heavy atom. The summed E-state index contributed by atoms with van der Waals surface area (Å²) in [7, 11) is 1.86. The summed E-state index contributed by atoms with van der Waals surface area (Å²) in [4.78, 5) is 34.8. The quantitative estimate of drug-likeness (QED) is 0.312. The molecule has 43 heavy (non-hydrogen) atoms. The van der Waals surface area contributed by atoms with E-state index in [0.717, 1.165) is 34.6 Å². The molecule has 0 unspecified atom stereocenters. The van der Waals surface area contributed by atoms with E-state index in [-0.39, 0.29) is 12.1 Å². The minimum atomic E-state index is -0.524. The summed E-state index contributed by atoms with van der Waals surface area (Å²) in [5, 5.41) is 11.6. The number of anilines is 3. The highest BCUT2D eigenvalue weighted by Crippen LogP contribution is 2.36. The highest BCUT2D eigenvalue weighted by Gasteiger charge is 2.49. The van der Waals surface area contributed by atoms with Crippen molar-refractivity contribution in [1.82, 2.24) is 39.8 Å². The van der Waals surface area contributed by atoms with E-state index in [1.54, 1.807) is 15.8 Å². The van der Waals surface area contributed by atoms with Gasteiger partial charge in [-0.15, -0.1) is 5.10 Å². The van der Waals surface area contributed by atoms with E-state index < -0.39 is 5.60 Å². The van der Waals surface area contributed by atoms with Crippen molar-refractivity contribution in [3.05, 3.63) is 54.5 Å². The number of aryl methyl sites for hydroxylation is 2. The lowest BCUT2D eigenvalue weighted by Gasteiger charge is -2.43. The zero-order chi connectivity index (χ0) is 29.9. The summed E-state index contributed by atoms with van der Waals surface area (Å²) in [5.74, 6) is 2.95. The van der Waals surface area contributed by atoms with Crippen LogP contribution in [-0.2, 0) is 11.8 Å². The van der Waals surface area contributed by atoms with Crippen LogP contribution in [0.4, 0.5) is 22.2 Å². The smallest absolute Gasteiger partial charge is 0.410 e. The number of benzene rings is 2. The topological polar surface area (TPSA) is 136 Å². The first-order valence-electron chi connectivity index (χ1n) is 14.2. The molecule has 1 N–H and O–H groups in total. The molecule has 13 heteroatoms. The van der Waals surface area contributed by atoms with Gasteiger partial charge in [0, 0.05) is 44.4 Å². The molecular formula is C30H32N10O3. The van der Waals surface area contributed by atoms with Crippen LogP contribution in [-0.4, -0.2) is 77.2 Å². The van der Waals surface area contributed by atoms with Crippen LogP contribution in [0.5, 0.6) is 11.5 Å². The summed E-state index contributed by atoms with van der Waals surface area (Å²) in [6.45, 7) is 9.73. The molecule has 0 spiro atoms. The van der Waals surface area contributed by atoms with Gasteiger partial charge in [0.05, 0.1) is 17.8 Å². The molecule has 13 nitrogen and oxygen atoms in total. The summed E-state index contributed by atoms with van der Waals surface area (Å²) in [6, 6.07) is 11.7. The maximum absolute atomic E-state index is 12.6. The number of hydrogen-bond donors (Lipinski definition) is 1. The zero-order valence-electron chi connectivity index (χ0n) is 24.6. The fourth-order valence-corrected chi connectivity index (χ4v) is 5.61. The van der Waals surface area contributed by atoms with E-state index in [1.807, 2.05) is 71.1 Å². The Morgan fingerprint density at radius 1 is 1.02 bits per heavy atom. The standard InChI is InChI=1S/C30H32N10O3/c1-17-10-19(6-9-25(17)42-20-7-8-23-21(11-20)36-37-38(23)5)34-27-26-22(32-16-33-27)12-31-28(35-26)39-13-18-14-40(24(18)15-39)29(41)43-30(2,3)4/h6-12,16,18,24H,13-15H2,1-5H3,(H,32,33,34)/t18-,24-/m1/s1. The Kier molecular flexibility index (Phi) is 6.26. The van der Waals surface area contributed by atoms with E-state index in [4.69, 9.17) is 14.5 Å². The van der Waals surface area contributed by atoms with Gasteiger partial charge in [-0.1, -0.05) is 5.21 Å². The molecule has 0 aliphatic carbocycles. The first-order chi connectivity index (χ1) is 20.6. The molecule has 5 aromatic rings.